The van der Waals surface area contributed by atoms with Gasteiger partial charge in [-0.1, -0.05) is 54.6 Å². The van der Waals surface area contributed by atoms with E-state index in [-0.39, 0.29) is 0 Å². The van der Waals surface area contributed by atoms with E-state index in [2.05, 4.69) is 40.6 Å². The molecule has 21 heavy (non-hydrogen) atoms. The number of nitrogens with zero attached hydrogens (tertiary/aromatic N) is 2. The maximum atomic E-state index is 6.09. The fourth-order valence-electron chi connectivity index (χ4n) is 2.20. The number of hydrogen-bond donors (Lipinski definition) is 1. The third-order valence-corrected chi connectivity index (χ3v) is 4.37. The Kier molecular flexibility index (Phi) is 3.88. The lowest BCUT2D eigenvalue weighted by Crippen LogP contribution is -2.03. The number of aromatic nitrogens is 2. The molecule has 104 valence electrons. The second-order valence-electron chi connectivity index (χ2n) is 4.78. The zero-order valence-electron chi connectivity index (χ0n) is 11.5. The van der Waals surface area contributed by atoms with E-state index in [4.69, 9.17) is 10.7 Å². The summed E-state index contributed by atoms with van der Waals surface area (Å²) in [6.45, 7) is 2.05. The number of anilines is 1. The molecule has 3 rings (SSSR count). The van der Waals surface area contributed by atoms with E-state index in [1.54, 1.807) is 0 Å². The molecule has 1 aromatic heterocycles. The molecule has 0 aliphatic carbocycles. The topological polar surface area (TPSA) is 51.8 Å². The Labute approximate surface area is 137 Å². The van der Waals surface area contributed by atoms with Crippen molar-refractivity contribution < 1.29 is 0 Å². The highest BCUT2D eigenvalue weighted by Gasteiger charge is 2.13. The summed E-state index contributed by atoms with van der Waals surface area (Å²) in [7, 11) is 0. The van der Waals surface area contributed by atoms with Crippen LogP contribution in [0.25, 0.3) is 22.6 Å². The van der Waals surface area contributed by atoms with Crippen molar-refractivity contribution >= 4 is 28.4 Å². The van der Waals surface area contributed by atoms with Gasteiger partial charge in [0.2, 0.25) is 0 Å². The van der Waals surface area contributed by atoms with E-state index in [0.29, 0.717) is 11.6 Å². The predicted octanol–water partition coefficient (Wildman–Crippen LogP) is 4.31. The minimum absolute atomic E-state index is 0.516. The van der Waals surface area contributed by atoms with Gasteiger partial charge < -0.3 is 5.73 Å². The van der Waals surface area contributed by atoms with Gasteiger partial charge in [-0.25, -0.2) is 9.97 Å². The van der Waals surface area contributed by atoms with Gasteiger partial charge in [0.05, 0.1) is 9.26 Å². The van der Waals surface area contributed by atoms with Gasteiger partial charge in [-0.3, -0.25) is 0 Å². The molecule has 0 spiro atoms. The maximum Gasteiger partial charge on any atom is 0.162 e. The highest BCUT2D eigenvalue weighted by Crippen LogP contribution is 2.30. The van der Waals surface area contributed by atoms with Gasteiger partial charge in [0, 0.05) is 11.1 Å². The molecular weight excluding hydrogens is 373 g/mol. The summed E-state index contributed by atoms with van der Waals surface area (Å²) in [5, 5.41) is 0. The molecule has 2 aromatic carbocycles. The van der Waals surface area contributed by atoms with Crippen LogP contribution in [0.15, 0.2) is 54.6 Å². The Hall–Kier alpha value is -1.95. The summed E-state index contributed by atoms with van der Waals surface area (Å²) in [5.41, 5.74) is 10.2. The zero-order valence-corrected chi connectivity index (χ0v) is 13.7. The van der Waals surface area contributed by atoms with Crippen LogP contribution in [0.2, 0.25) is 0 Å². The van der Waals surface area contributed by atoms with Crippen LogP contribution in [0.5, 0.6) is 0 Å². The van der Waals surface area contributed by atoms with Crippen molar-refractivity contribution in [3.8, 4) is 22.6 Å². The molecular formula is C17H14IN3. The van der Waals surface area contributed by atoms with Crippen molar-refractivity contribution in [2.75, 3.05) is 5.73 Å². The van der Waals surface area contributed by atoms with Crippen molar-refractivity contribution in [1.82, 2.24) is 9.97 Å². The number of nitrogen functional groups attached to an aromatic ring is 1. The van der Waals surface area contributed by atoms with E-state index >= 15 is 0 Å². The molecule has 3 aromatic rings. The predicted molar refractivity (Wildman–Crippen MR) is 94.8 cm³/mol. The number of aryl methyl sites for hydroxylation is 1. The molecule has 0 saturated carbocycles. The third kappa shape index (κ3) is 2.76. The van der Waals surface area contributed by atoms with Gasteiger partial charge in [0.15, 0.2) is 5.82 Å². The average Bonchev–Trinajstić information content (AvgIpc) is 2.51. The third-order valence-electron chi connectivity index (χ3n) is 3.31. The Bertz CT molecular complexity index is 785. The summed E-state index contributed by atoms with van der Waals surface area (Å²) in [5.74, 6) is 1.19. The molecule has 0 amide bonds. The van der Waals surface area contributed by atoms with Crippen LogP contribution in [0.3, 0.4) is 0 Å². The second-order valence-corrected chi connectivity index (χ2v) is 5.85. The first-order chi connectivity index (χ1) is 10.2. The standard InChI is InChI=1S/C17H14IN3/c1-11-7-5-6-10-13(11)17-20-15(14(18)16(19)21-17)12-8-3-2-4-9-12/h2-10H,1H3,(H2,19,20,21). The first-order valence-electron chi connectivity index (χ1n) is 6.61. The van der Waals surface area contributed by atoms with E-state index in [1.807, 2.05) is 48.5 Å². The van der Waals surface area contributed by atoms with E-state index < -0.39 is 0 Å². The molecule has 0 fully saturated rings. The van der Waals surface area contributed by atoms with E-state index in [9.17, 15) is 0 Å². The summed E-state index contributed by atoms with van der Waals surface area (Å²) >= 11 is 2.20. The Morgan fingerprint density at radius 3 is 2.29 bits per heavy atom. The highest BCUT2D eigenvalue weighted by molar-refractivity contribution is 14.1. The number of benzene rings is 2. The van der Waals surface area contributed by atoms with E-state index in [0.717, 1.165) is 26.0 Å². The van der Waals surface area contributed by atoms with Crippen LogP contribution in [0, 0.1) is 10.5 Å². The number of halogens is 1. The molecule has 3 nitrogen and oxygen atoms in total. The lowest BCUT2D eigenvalue weighted by Gasteiger charge is -2.10. The van der Waals surface area contributed by atoms with E-state index in [1.165, 1.54) is 0 Å². The van der Waals surface area contributed by atoms with Gasteiger partial charge in [-0.2, -0.15) is 0 Å². The first-order valence-corrected chi connectivity index (χ1v) is 7.69. The molecule has 0 bridgehead atoms. The summed E-state index contributed by atoms with van der Waals surface area (Å²) in [6.07, 6.45) is 0. The fourth-order valence-corrected chi connectivity index (χ4v) is 2.75. The fraction of sp³-hybridized carbons (Fsp3) is 0.0588. The zero-order chi connectivity index (χ0) is 14.8. The van der Waals surface area contributed by atoms with Crippen molar-refractivity contribution in [3.05, 3.63) is 63.7 Å². The van der Waals surface area contributed by atoms with Crippen molar-refractivity contribution in [2.24, 2.45) is 0 Å². The smallest absolute Gasteiger partial charge is 0.162 e. The van der Waals surface area contributed by atoms with Gasteiger partial charge in [0.1, 0.15) is 5.82 Å². The number of rotatable bonds is 2. The molecule has 0 unspecified atom stereocenters. The van der Waals surface area contributed by atoms with Crippen LogP contribution < -0.4 is 5.73 Å². The Morgan fingerprint density at radius 1 is 0.905 bits per heavy atom. The number of nitrogens with two attached hydrogens (primary N) is 1. The molecule has 4 heteroatoms. The van der Waals surface area contributed by atoms with Crippen molar-refractivity contribution in [3.63, 3.8) is 0 Å². The minimum Gasteiger partial charge on any atom is -0.383 e. The lowest BCUT2D eigenvalue weighted by molar-refractivity contribution is 1.16. The molecule has 0 aliphatic heterocycles. The second kappa shape index (κ2) is 5.81. The van der Waals surface area contributed by atoms with Crippen LogP contribution in [0.4, 0.5) is 5.82 Å². The Morgan fingerprint density at radius 2 is 1.57 bits per heavy atom. The normalized spacial score (nSPS) is 10.6. The van der Waals surface area contributed by atoms with Crippen LogP contribution in [-0.4, -0.2) is 9.97 Å². The van der Waals surface area contributed by atoms with Crippen molar-refractivity contribution in [1.29, 1.82) is 0 Å². The molecule has 0 aliphatic rings. The lowest BCUT2D eigenvalue weighted by atomic mass is 10.1. The largest absolute Gasteiger partial charge is 0.383 e. The molecule has 0 saturated heterocycles. The molecule has 0 atom stereocenters. The summed E-state index contributed by atoms with van der Waals surface area (Å²) in [4.78, 5) is 9.18. The molecule has 0 radical (unpaired) electrons. The van der Waals surface area contributed by atoms with Gasteiger partial charge in [-0.05, 0) is 35.1 Å². The Balaban J connectivity index is 2.22. The average molecular weight is 387 g/mol. The van der Waals surface area contributed by atoms with Crippen LogP contribution >= 0.6 is 22.6 Å². The van der Waals surface area contributed by atoms with Gasteiger partial charge in [0.25, 0.3) is 0 Å². The SMILES string of the molecule is Cc1ccccc1-c1nc(N)c(I)c(-c2ccccc2)n1. The van der Waals surface area contributed by atoms with Crippen LogP contribution in [0.1, 0.15) is 5.56 Å². The summed E-state index contributed by atoms with van der Waals surface area (Å²) < 4.78 is 0.885. The van der Waals surface area contributed by atoms with Gasteiger partial charge >= 0.3 is 0 Å². The highest BCUT2D eigenvalue weighted by atomic mass is 127. The van der Waals surface area contributed by atoms with Gasteiger partial charge in [-0.15, -0.1) is 0 Å². The quantitative estimate of drug-likeness (QED) is 0.667. The molecule has 1 heterocycles. The molecule has 2 N–H and O–H groups in total. The van der Waals surface area contributed by atoms with Crippen LogP contribution in [-0.2, 0) is 0 Å². The number of hydrogen-bond acceptors (Lipinski definition) is 3. The first kappa shape index (κ1) is 14.0. The maximum absolute atomic E-state index is 6.09. The monoisotopic (exact) mass is 387 g/mol. The van der Waals surface area contributed by atoms with Crippen molar-refractivity contribution in [2.45, 2.75) is 6.92 Å². The summed E-state index contributed by atoms with van der Waals surface area (Å²) in [6, 6.07) is 18.1. The minimum atomic E-state index is 0.516.